The van der Waals surface area contributed by atoms with Crippen molar-refractivity contribution >= 4 is 40.0 Å². The average Bonchev–Trinajstić information content (AvgIpc) is 3.34. The van der Waals surface area contributed by atoms with Crippen LogP contribution < -0.4 is 5.32 Å². The standard InChI is InChI=1S/C21H27NO6S/c1-4-27-21(26)18-11(2)19(12(3)23)29-20(18)22-16(24)10-28-17(25)9-15-8-13-5-6-14(15)7-13/h13-15H,4-10H2,1-3H3,(H,22,24)/t13-,14+,15+/m0/s1. The highest BCUT2D eigenvalue weighted by Gasteiger charge is 2.40. The summed E-state index contributed by atoms with van der Waals surface area (Å²) in [5.74, 6) is 0.0294. The van der Waals surface area contributed by atoms with Crippen LogP contribution in [0.25, 0.3) is 0 Å². The van der Waals surface area contributed by atoms with Crippen molar-refractivity contribution in [3.8, 4) is 0 Å². The summed E-state index contributed by atoms with van der Waals surface area (Å²) in [5, 5.41) is 2.83. The van der Waals surface area contributed by atoms with Gasteiger partial charge in [0.25, 0.3) is 5.91 Å². The summed E-state index contributed by atoms with van der Waals surface area (Å²) in [6.07, 6.45) is 5.11. The molecule has 29 heavy (non-hydrogen) atoms. The molecule has 2 fully saturated rings. The first kappa shape index (κ1) is 21.5. The van der Waals surface area contributed by atoms with Crippen molar-refractivity contribution in [1.29, 1.82) is 0 Å². The predicted octanol–water partition coefficient (Wildman–Crippen LogP) is 3.74. The molecule has 1 amide bonds. The molecule has 1 heterocycles. The Morgan fingerprint density at radius 3 is 2.48 bits per heavy atom. The van der Waals surface area contributed by atoms with Crippen molar-refractivity contribution in [2.24, 2.45) is 17.8 Å². The summed E-state index contributed by atoms with van der Waals surface area (Å²) in [5.41, 5.74) is 0.647. The van der Waals surface area contributed by atoms with Crippen molar-refractivity contribution < 1.29 is 28.7 Å². The zero-order valence-corrected chi connectivity index (χ0v) is 17.9. The number of esters is 2. The van der Waals surface area contributed by atoms with Crippen LogP contribution in [0.2, 0.25) is 0 Å². The molecule has 0 radical (unpaired) electrons. The van der Waals surface area contributed by atoms with Gasteiger partial charge in [0.15, 0.2) is 12.4 Å². The molecular formula is C21H27NO6S. The molecule has 0 saturated heterocycles. The number of carbonyl (C=O) groups is 4. The molecule has 158 valence electrons. The maximum atomic E-state index is 12.3. The van der Waals surface area contributed by atoms with Crippen LogP contribution in [0.3, 0.4) is 0 Å². The first-order valence-electron chi connectivity index (χ1n) is 10.1. The lowest BCUT2D eigenvalue weighted by Crippen LogP contribution is -2.23. The molecule has 3 atom stereocenters. The van der Waals surface area contributed by atoms with E-state index in [2.05, 4.69) is 5.32 Å². The van der Waals surface area contributed by atoms with Gasteiger partial charge in [0.2, 0.25) is 0 Å². The zero-order chi connectivity index (χ0) is 21.1. The van der Waals surface area contributed by atoms with Crippen LogP contribution in [0, 0.1) is 24.7 Å². The average molecular weight is 422 g/mol. The molecule has 0 unspecified atom stereocenters. The molecular weight excluding hydrogens is 394 g/mol. The van der Waals surface area contributed by atoms with E-state index in [0.717, 1.165) is 23.7 Å². The van der Waals surface area contributed by atoms with E-state index in [-0.39, 0.29) is 28.9 Å². The van der Waals surface area contributed by atoms with E-state index in [0.29, 0.717) is 28.7 Å². The van der Waals surface area contributed by atoms with Crippen LogP contribution in [-0.2, 0) is 19.1 Å². The monoisotopic (exact) mass is 421 g/mol. The zero-order valence-electron chi connectivity index (χ0n) is 17.0. The third-order valence-electron chi connectivity index (χ3n) is 5.88. The maximum Gasteiger partial charge on any atom is 0.341 e. The molecule has 1 aromatic heterocycles. The molecule has 7 nitrogen and oxygen atoms in total. The van der Waals surface area contributed by atoms with Crippen molar-refractivity contribution in [1.82, 2.24) is 0 Å². The van der Waals surface area contributed by atoms with Crippen molar-refractivity contribution in [3.63, 3.8) is 0 Å². The quantitative estimate of drug-likeness (QED) is 0.507. The maximum absolute atomic E-state index is 12.3. The van der Waals surface area contributed by atoms with Crippen LogP contribution in [0.4, 0.5) is 5.00 Å². The summed E-state index contributed by atoms with van der Waals surface area (Å²) in [6, 6.07) is 0. The first-order valence-corrected chi connectivity index (χ1v) is 10.9. The fourth-order valence-electron chi connectivity index (χ4n) is 4.59. The van der Waals surface area contributed by atoms with Crippen molar-refractivity contribution in [3.05, 3.63) is 16.0 Å². The van der Waals surface area contributed by atoms with E-state index in [1.807, 2.05) is 0 Å². The summed E-state index contributed by atoms with van der Waals surface area (Å²) < 4.78 is 10.2. The number of hydrogen-bond donors (Lipinski definition) is 1. The molecule has 2 aliphatic rings. The van der Waals surface area contributed by atoms with Gasteiger partial charge in [-0.25, -0.2) is 4.79 Å². The van der Waals surface area contributed by atoms with E-state index in [4.69, 9.17) is 9.47 Å². The second kappa shape index (κ2) is 9.07. The molecule has 2 saturated carbocycles. The number of thiophene rings is 1. The third-order valence-corrected chi connectivity index (χ3v) is 7.18. The predicted molar refractivity (Wildman–Crippen MR) is 108 cm³/mol. The number of ether oxygens (including phenoxy) is 2. The number of amides is 1. The lowest BCUT2D eigenvalue weighted by Gasteiger charge is -2.20. The lowest BCUT2D eigenvalue weighted by molar-refractivity contribution is -0.148. The van der Waals surface area contributed by atoms with E-state index >= 15 is 0 Å². The summed E-state index contributed by atoms with van der Waals surface area (Å²) in [4.78, 5) is 48.9. The SMILES string of the molecule is CCOC(=O)c1c(NC(=O)COC(=O)C[C@H]2C[C@H]3CC[C@@H]2C3)sc(C(C)=O)c1C. The number of hydrogen-bond acceptors (Lipinski definition) is 7. The normalized spacial score (nSPS) is 22.4. The molecule has 2 aliphatic carbocycles. The topological polar surface area (TPSA) is 98.8 Å². The van der Waals surface area contributed by atoms with E-state index in [9.17, 15) is 19.2 Å². The lowest BCUT2D eigenvalue weighted by atomic mass is 9.86. The Labute approximate surface area is 174 Å². The highest BCUT2D eigenvalue weighted by atomic mass is 32.1. The van der Waals surface area contributed by atoms with Gasteiger partial charge in [0.05, 0.1) is 17.0 Å². The molecule has 1 aromatic rings. The Balaban J connectivity index is 1.58. The van der Waals surface area contributed by atoms with E-state index in [1.54, 1.807) is 13.8 Å². The van der Waals surface area contributed by atoms with Gasteiger partial charge in [-0.2, -0.15) is 0 Å². The van der Waals surface area contributed by atoms with Gasteiger partial charge in [0, 0.05) is 6.42 Å². The molecule has 8 heteroatoms. The Hall–Kier alpha value is -2.22. The highest BCUT2D eigenvalue weighted by Crippen LogP contribution is 2.49. The summed E-state index contributed by atoms with van der Waals surface area (Å²) in [6.45, 7) is 4.48. The highest BCUT2D eigenvalue weighted by molar-refractivity contribution is 7.18. The van der Waals surface area contributed by atoms with Crippen molar-refractivity contribution in [2.75, 3.05) is 18.5 Å². The number of fused-ring (bicyclic) bond motifs is 2. The number of ketones is 1. The minimum Gasteiger partial charge on any atom is -0.462 e. The van der Waals surface area contributed by atoms with Crippen LogP contribution in [0.1, 0.15) is 71.5 Å². The van der Waals surface area contributed by atoms with Gasteiger partial charge in [0.1, 0.15) is 5.00 Å². The molecule has 0 aliphatic heterocycles. The minimum absolute atomic E-state index is 0.170. The largest absolute Gasteiger partial charge is 0.462 e. The molecule has 2 bridgehead atoms. The fraction of sp³-hybridized carbons (Fsp3) is 0.619. The second-order valence-electron chi connectivity index (χ2n) is 7.88. The molecule has 0 spiro atoms. The number of nitrogens with one attached hydrogen (secondary N) is 1. The Bertz CT molecular complexity index is 829. The van der Waals surface area contributed by atoms with Crippen LogP contribution in [0.5, 0.6) is 0 Å². The summed E-state index contributed by atoms with van der Waals surface area (Å²) in [7, 11) is 0. The third kappa shape index (κ3) is 4.86. The van der Waals surface area contributed by atoms with Crippen LogP contribution in [-0.4, -0.2) is 36.8 Å². The number of anilines is 1. The number of Topliss-reactive ketones (excluding diaryl/α,β-unsaturated/α-hetero) is 1. The van der Waals surface area contributed by atoms with Gasteiger partial charge in [-0.05, 0) is 63.4 Å². The molecule has 0 aromatic carbocycles. The first-order chi connectivity index (χ1) is 13.8. The smallest absolute Gasteiger partial charge is 0.341 e. The fourth-order valence-corrected chi connectivity index (χ4v) is 5.70. The second-order valence-corrected chi connectivity index (χ2v) is 8.91. The van der Waals surface area contributed by atoms with Crippen LogP contribution >= 0.6 is 11.3 Å². The van der Waals surface area contributed by atoms with Gasteiger partial charge in [-0.15, -0.1) is 11.3 Å². The molecule has 3 rings (SSSR count). The van der Waals surface area contributed by atoms with Gasteiger partial charge < -0.3 is 14.8 Å². The van der Waals surface area contributed by atoms with Crippen molar-refractivity contribution in [2.45, 2.75) is 52.9 Å². The summed E-state index contributed by atoms with van der Waals surface area (Å²) >= 11 is 1.02. The van der Waals surface area contributed by atoms with Gasteiger partial charge in [-0.1, -0.05) is 6.42 Å². The molecule has 1 N–H and O–H groups in total. The number of rotatable bonds is 8. The van der Waals surface area contributed by atoms with Gasteiger partial charge in [-0.3, -0.25) is 14.4 Å². The van der Waals surface area contributed by atoms with E-state index < -0.39 is 18.5 Å². The Kier molecular flexibility index (Phi) is 6.72. The number of carbonyl (C=O) groups excluding carboxylic acids is 4. The Morgan fingerprint density at radius 1 is 1.14 bits per heavy atom. The van der Waals surface area contributed by atoms with Crippen LogP contribution in [0.15, 0.2) is 0 Å². The Morgan fingerprint density at radius 2 is 1.90 bits per heavy atom. The van der Waals surface area contributed by atoms with E-state index in [1.165, 1.54) is 26.2 Å². The minimum atomic E-state index is -0.600. The van der Waals surface area contributed by atoms with Gasteiger partial charge >= 0.3 is 11.9 Å².